The molecule has 1 fully saturated rings. The monoisotopic (exact) mass is 591 g/mol. The number of fused-ring (bicyclic) bond motifs is 1. The molecular weight excluding hydrogens is 573 g/mol. The van der Waals surface area contributed by atoms with Crippen LogP contribution in [0.25, 0.3) is 16.9 Å². The third-order valence-corrected chi connectivity index (χ3v) is 7.75. The molecule has 6 nitrogen and oxygen atoms in total. The number of rotatable bonds is 5. The van der Waals surface area contributed by atoms with Crippen molar-refractivity contribution in [3.63, 3.8) is 0 Å². The maximum atomic E-state index is 12.8. The van der Waals surface area contributed by atoms with Gasteiger partial charge in [-0.1, -0.05) is 59.1 Å². The molecule has 0 spiro atoms. The molecule has 4 aromatic rings. The van der Waals surface area contributed by atoms with Crippen molar-refractivity contribution in [3.05, 3.63) is 79.8 Å². The van der Waals surface area contributed by atoms with Gasteiger partial charge in [0.2, 0.25) is 5.91 Å². The summed E-state index contributed by atoms with van der Waals surface area (Å²) in [5.41, 5.74) is 3.19. The Bertz CT molecular complexity index is 1400. The van der Waals surface area contributed by atoms with E-state index in [1.165, 1.54) is 0 Å². The number of halogens is 4. The van der Waals surface area contributed by atoms with E-state index in [2.05, 4.69) is 26.3 Å². The molecule has 180 valence electrons. The number of hydrogen-bond donors (Lipinski definition) is 1. The predicted octanol–water partition coefficient (Wildman–Crippen LogP) is 6.76. The van der Waals surface area contributed by atoms with Gasteiger partial charge in [0.25, 0.3) is 0 Å². The SMILES string of the molecule is O=C(Cc1ccc(Cl)c(Cl)c1)N1CCC(Nc2cc(-c3ccccc3Cl)nc3c(Br)cnn23)CC1. The van der Waals surface area contributed by atoms with Crippen LogP contribution in [-0.2, 0) is 11.2 Å². The lowest BCUT2D eigenvalue weighted by atomic mass is 10.0. The number of likely N-dealkylation sites (tertiary alicyclic amines) is 1. The van der Waals surface area contributed by atoms with Crippen molar-refractivity contribution < 1.29 is 4.79 Å². The van der Waals surface area contributed by atoms with Crippen molar-refractivity contribution in [2.75, 3.05) is 18.4 Å². The highest BCUT2D eigenvalue weighted by atomic mass is 79.9. The maximum Gasteiger partial charge on any atom is 0.226 e. The van der Waals surface area contributed by atoms with Crippen molar-refractivity contribution in [3.8, 4) is 11.3 Å². The van der Waals surface area contributed by atoms with Crippen LogP contribution in [0.1, 0.15) is 18.4 Å². The number of nitrogens with one attached hydrogen (secondary N) is 1. The van der Waals surface area contributed by atoms with Crippen LogP contribution in [-0.4, -0.2) is 44.5 Å². The van der Waals surface area contributed by atoms with Crippen molar-refractivity contribution in [2.24, 2.45) is 0 Å². The first-order valence-electron chi connectivity index (χ1n) is 11.2. The summed E-state index contributed by atoms with van der Waals surface area (Å²) in [6.07, 6.45) is 3.68. The molecule has 0 bridgehead atoms. The van der Waals surface area contributed by atoms with Crippen LogP contribution >= 0.6 is 50.7 Å². The topological polar surface area (TPSA) is 62.5 Å². The summed E-state index contributed by atoms with van der Waals surface area (Å²) in [5.74, 6) is 0.918. The van der Waals surface area contributed by atoms with E-state index in [1.54, 1.807) is 22.8 Å². The van der Waals surface area contributed by atoms with Gasteiger partial charge in [-0.25, -0.2) is 4.98 Å². The van der Waals surface area contributed by atoms with Crippen LogP contribution in [0.5, 0.6) is 0 Å². The fourth-order valence-corrected chi connectivity index (χ4v) is 5.17. The van der Waals surface area contributed by atoms with Gasteiger partial charge in [-0.05, 0) is 52.5 Å². The van der Waals surface area contributed by atoms with Gasteiger partial charge < -0.3 is 10.2 Å². The van der Waals surface area contributed by atoms with E-state index >= 15 is 0 Å². The Kier molecular flexibility index (Phi) is 7.21. The van der Waals surface area contributed by atoms with Crippen LogP contribution in [0, 0.1) is 0 Å². The number of hydrogen-bond acceptors (Lipinski definition) is 4. The Balaban J connectivity index is 1.29. The molecule has 3 heterocycles. The molecule has 5 rings (SSSR count). The van der Waals surface area contributed by atoms with Gasteiger partial charge >= 0.3 is 0 Å². The van der Waals surface area contributed by atoms with Crippen molar-refractivity contribution in [1.29, 1.82) is 0 Å². The second-order valence-electron chi connectivity index (χ2n) is 8.46. The van der Waals surface area contributed by atoms with E-state index in [1.807, 2.05) is 41.3 Å². The van der Waals surface area contributed by atoms with E-state index in [0.29, 0.717) is 40.2 Å². The van der Waals surface area contributed by atoms with Gasteiger partial charge in [0, 0.05) is 35.8 Å². The summed E-state index contributed by atoms with van der Waals surface area (Å²) in [7, 11) is 0. The normalized spacial score (nSPS) is 14.5. The Morgan fingerprint density at radius 2 is 1.80 bits per heavy atom. The van der Waals surface area contributed by atoms with Crippen LogP contribution in [0.15, 0.2) is 59.2 Å². The molecule has 1 amide bonds. The molecule has 0 aliphatic carbocycles. The maximum absolute atomic E-state index is 12.8. The van der Waals surface area contributed by atoms with Crippen LogP contribution in [0.3, 0.4) is 0 Å². The largest absolute Gasteiger partial charge is 0.367 e. The molecule has 1 aliphatic heterocycles. The molecule has 1 aliphatic rings. The summed E-state index contributed by atoms with van der Waals surface area (Å²) >= 11 is 22.1. The number of anilines is 1. The van der Waals surface area contributed by atoms with Gasteiger partial charge in [-0.3, -0.25) is 4.79 Å². The van der Waals surface area contributed by atoms with Crippen LogP contribution in [0.2, 0.25) is 15.1 Å². The number of carbonyl (C=O) groups excluding carboxylic acids is 1. The summed E-state index contributed by atoms with van der Waals surface area (Å²) in [5, 5.41) is 9.68. The lowest BCUT2D eigenvalue weighted by Gasteiger charge is -2.33. The molecule has 2 aromatic carbocycles. The first-order chi connectivity index (χ1) is 16.9. The molecular formula is C25H21BrCl3N5O. The first-order valence-corrected chi connectivity index (χ1v) is 13.1. The zero-order valence-corrected chi connectivity index (χ0v) is 22.4. The quantitative estimate of drug-likeness (QED) is 0.278. The van der Waals surface area contributed by atoms with Crippen molar-refractivity contribution in [2.45, 2.75) is 25.3 Å². The molecule has 0 radical (unpaired) electrons. The zero-order valence-electron chi connectivity index (χ0n) is 18.5. The molecule has 1 N–H and O–H groups in total. The molecule has 0 atom stereocenters. The van der Waals surface area contributed by atoms with E-state index in [9.17, 15) is 4.79 Å². The highest BCUT2D eigenvalue weighted by Gasteiger charge is 2.24. The number of piperidine rings is 1. The summed E-state index contributed by atoms with van der Waals surface area (Å²) in [6.45, 7) is 1.35. The highest BCUT2D eigenvalue weighted by Crippen LogP contribution is 2.31. The van der Waals surface area contributed by atoms with Crippen LogP contribution < -0.4 is 5.32 Å². The minimum atomic E-state index is 0.0881. The molecule has 0 saturated carbocycles. The highest BCUT2D eigenvalue weighted by molar-refractivity contribution is 9.10. The Labute approximate surface area is 226 Å². The minimum absolute atomic E-state index is 0.0881. The van der Waals surface area contributed by atoms with Gasteiger partial charge in [0.05, 0.1) is 32.8 Å². The van der Waals surface area contributed by atoms with Gasteiger partial charge in [0.1, 0.15) is 5.82 Å². The Morgan fingerprint density at radius 3 is 2.54 bits per heavy atom. The van der Waals surface area contributed by atoms with E-state index in [4.69, 9.17) is 39.8 Å². The third kappa shape index (κ3) is 5.28. The first kappa shape index (κ1) is 24.4. The van der Waals surface area contributed by atoms with Gasteiger partial charge in [-0.15, -0.1) is 0 Å². The third-order valence-electron chi connectivity index (χ3n) is 6.12. The van der Waals surface area contributed by atoms with E-state index < -0.39 is 0 Å². The number of amides is 1. The molecule has 10 heteroatoms. The standard InChI is InChI=1S/C25H21BrCl3N5O/c26-18-14-30-34-23(13-22(32-25(18)34)17-3-1-2-4-19(17)27)31-16-7-9-33(10-8-16)24(35)12-15-5-6-20(28)21(29)11-15/h1-6,11,13-14,16,31H,7-10,12H2. The lowest BCUT2D eigenvalue weighted by molar-refractivity contribution is -0.131. The van der Waals surface area contributed by atoms with E-state index in [0.717, 1.165) is 40.0 Å². The van der Waals surface area contributed by atoms with Crippen molar-refractivity contribution in [1.82, 2.24) is 19.5 Å². The van der Waals surface area contributed by atoms with Gasteiger partial charge in [0.15, 0.2) is 5.65 Å². The lowest BCUT2D eigenvalue weighted by Crippen LogP contribution is -2.43. The fraction of sp³-hybridized carbons (Fsp3) is 0.240. The molecule has 1 saturated heterocycles. The molecule has 0 unspecified atom stereocenters. The average Bonchev–Trinajstić information content (AvgIpc) is 3.23. The minimum Gasteiger partial charge on any atom is -0.367 e. The zero-order chi connectivity index (χ0) is 24.5. The summed E-state index contributed by atoms with van der Waals surface area (Å²) in [6, 6.07) is 15.1. The predicted molar refractivity (Wildman–Crippen MR) is 145 cm³/mol. The second-order valence-corrected chi connectivity index (χ2v) is 10.5. The molecule has 2 aromatic heterocycles. The Morgan fingerprint density at radius 1 is 1.03 bits per heavy atom. The summed E-state index contributed by atoms with van der Waals surface area (Å²) < 4.78 is 2.59. The number of aromatic nitrogens is 3. The smallest absolute Gasteiger partial charge is 0.226 e. The summed E-state index contributed by atoms with van der Waals surface area (Å²) in [4.78, 5) is 19.5. The number of carbonyl (C=O) groups is 1. The van der Waals surface area contributed by atoms with E-state index in [-0.39, 0.29) is 11.9 Å². The second kappa shape index (κ2) is 10.3. The Hall–Kier alpha value is -2.32. The number of benzene rings is 2. The fourth-order valence-electron chi connectivity index (χ4n) is 4.26. The molecule has 35 heavy (non-hydrogen) atoms. The van der Waals surface area contributed by atoms with Gasteiger partial charge in [-0.2, -0.15) is 9.61 Å². The van der Waals surface area contributed by atoms with Crippen molar-refractivity contribution >= 4 is 68.1 Å². The average molecular weight is 594 g/mol. The number of nitrogens with zero attached hydrogens (tertiary/aromatic N) is 4. The van der Waals surface area contributed by atoms with Crippen LogP contribution in [0.4, 0.5) is 5.82 Å².